The summed E-state index contributed by atoms with van der Waals surface area (Å²) in [4.78, 5) is 27.5. The summed E-state index contributed by atoms with van der Waals surface area (Å²) in [6.45, 7) is 0. The first-order chi connectivity index (χ1) is 11.3. The van der Waals surface area contributed by atoms with Gasteiger partial charge in [0.05, 0.1) is 6.33 Å². The lowest BCUT2D eigenvalue weighted by Crippen LogP contribution is -2.35. The minimum Gasteiger partial charge on any atom is -0.353 e. The molecule has 1 aliphatic carbocycles. The van der Waals surface area contributed by atoms with Crippen molar-refractivity contribution in [3.8, 4) is 0 Å². The van der Waals surface area contributed by atoms with E-state index in [1.54, 1.807) is 24.4 Å². The quantitative estimate of drug-likeness (QED) is 0.462. The number of carbonyl (C=O) groups is 1. The van der Waals surface area contributed by atoms with E-state index >= 15 is 0 Å². The van der Waals surface area contributed by atoms with Crippen LogP contribution in [0.5, 0.6) is 0 Å². The zero-order chi connectivity index (χ0) is 15.9. The molecule has 2 N–H and O–H groups in total. The maximum Gasteiger partial charge on any atom is 0.220 e. The molecule has 124 valence electrons. The second-order valence-electron chi connectivity index (χ2n) is 5.99. The van der Waals surface area contributed by atoms with Crippen LogP contribution in [0.2, 0.25) is 0 Å². The minimum absolute atomic E-state index is 0.208. The van der Waals surface area contributed by atoms with E-state index in [0.29, 0.717) is 18.1 Å². The van der Waals surface area contributed by atoms with Crippen LogP contribution < -0.4 is 5.32 Å². The topological polar surface area (TPSA) is 83.6 Å². The molecular weight excluding hydrogens is 310 g/mol. The molecule has 1 saturated carbocycles. The molecule has 1 amide bonds. The van der Waals surface area contributed by atoms with Crippen molar-refractivity contribution in [2.24, 2.45) is 0 Å². The molecule has 1 fully saturated rings. The number of hydrogen-bond donors (Lipinski definition) is 2. The summed E-state index contributed by atoms with van der Waals surface area (Å²) in [6, 6.07) is 0.417. The Morgan fingerprint density at radius 1 is 1.22 bits per heavy atom. The lowest BCUT2D eigenvalue weighted by Gasteiger charge is -2.22. The summed E-state index contributed by atoms with van der Waals surface area (Å²) in [5.41, 5.74) is 1.60. The number of rotatable bonds is 7. The standard InChI is InChI=1S/C16H23N5OS/c22-13(21-12-6-2-1-3-7-12)8-4-5-9-23-16-14-15(18-10-17-14)19-11-20-16/h10-12H,1-9H2,(H,21,22)(H,17,18,19,20). The molecule has 23 heavy (non-hydrogen) atoms. The summed E-state index contributed by atoms with van der Waals surface area (Å²) in [6.07, 6.45) is 11.8. The first-order valence-electron chi connectivity index (χ1n) is 8.39. The monoisotopic (exact) mass is 333 g/mol. The Labute approximate surface area is 140 Å². The molecule has 0 atom stereocenters. The second kappa shape index (κ2) is 8.29. The van der Waals surface area contributed by atoms with E-state index in [0.717, 1.165) is 42.0 Å². The first-order valence-corrected chi connectivity index (χ1v) is 9.38. The van der Waals surface area contributed by atoms with Crippen molar-refractivity contribution in [2.45, 2.75) is 62.4 Å². The van der Waals surface area contributed by atoms with Crippen LogP contribution >= 0.6 is 11.8 Å². The Kier molecular flexibility index (Phi) is 5.85. The maximum atomic E-state index is 11.9. The minimum atomic E-state index is 0.208. The Morgan fingerprint density at radius 2 is 2.09 bits per heavy atom. The predicted octanol–water partition coefficient (Wildman–Crippen LogP) is 3.06. The van der Waals surface area contributed by atoms with Gasteiger partial charge in [-0.15, -0.1) is 11.8 Å². The molecule has 0 radical (unpaired) electrons. The highest BCUT2D eigenvalue weighted by molar-refractivity contribution is 7.99. The van der Waals surface area contributed by atoms with E-state index in [4.69, 9.17) is 0 Å². The molecule has 3 rings (SSSR count). The Morgan fingerprint density at radius 3 is 2.96 bits per heavy atom. The summed E-state index contributed by atoms with van der Waals surface area (Å²) < 4.78 is 0. The molecule has 0 unspecified atom stereocenters. The van der Waals surface area contributed by atoms with Gasteiger partial charge in [0.2, 0.25) is 5.91 Å². The zero-order valence-electron chi connectivity index (χ0n) is 13.3. The van der Waals surface area contributed by atoms with Crippen LogP contribution in [0.4, 0.5) is 0 Å². The summed E-state index contributed by atoms with van der Waals surface area (Å²) in [7, 11) is 0. The van der Waals surface area contributed by atoms with Crippen LogP contribution in [0.25, 0.3) is 11.2 Å². The second-order valence-corrected chi connectivity index (χ2v) is 7.07. The molecule has 2 aromatic rings. The highest BCUT2D eigenvalue weighted by Crippen LogP contribution is 2.23. The van der Waals surface area contributed by atoms with Crippen molar-refractivity contribution >= 4 is 28.8 Å². The van der Waals surface area contributed by atoms with Gasteiger partial charge in [0.15, 0.2) is 5.65 Å². The molecule has 7 heteroatoms. The highest BCUT2D eigenvalue weighted by Gasteiger charge is 2.15. The average Bonchev–Trinajstić information content (AvgIpc) is 3.05. The smallest absolute Gasteiger partial charge is 0.220 e. The lowest BCUT2D eigenvalue weighted by atomic mass is 9.95. The van der Waals surface area contributed by atoms with Gasteiger partial charge in [-0.1, -0.05) is 19.3 Å². The molecule has 1 aliphatic rings. The molecule has 2 heterocycles. The molecule has 0 bridgehead atoms. The van der Waals surface area contributed by atoms with Crippen molar-refractivity contribution in [2.75, 3.05) is 5.75 Å². The number of aromatic nitrogens is 4. The molecule has 0 aliphatic heterocycles. The number of imidazole rings is 1. The van der Waals surface area contributed by atoms with Crippen LogP contribution in [-0.4, -0.2) is 37.6 Å². The van der Waals surface area contributed by atoms with Gasteiger partial charge in [-0.25, -0.2) is 15.0 Å². The Balaban J connectivity index is 1.33. The van der Waals surface area contributed by atoms with Crippen LogP contribution in [0.15, 0.2) is 17.7 Å². The molecular formula is C16H23N5OS. The number of nitrogens with one attached hydrogen (secondary N) is 2. The number of nitrogens with zero attached hydrogens (tertiary/aromatic N) is 3. The highest BCUT2D eigenvalue weighted by atomic mass is 32.2. The number of H-pyrrole nitrogens is 1. The normalized spacial score (nSPS) is 15.8. The number of amides is 1. The van der Waals surface area contributed by atoms with Crippen LogP contribution in [0.1, 0.15) is 51.4 Å². The van der Waals surface area contributed by atoms with Crippen LogP contribution in [-0.2, 0) is 4.79 Å². The SMILES string of the molecule is O=C(CCCCSc1ncnc2nc[nH]c12)NC1CCCCC1. The molecule has 6 nitrogen and oxygen atoms in total. The summed E-state index contributed by atoms with van der Waals surface area (Å²) in [5.74, 6) is 1.15. The lowest BCUT2D eigenvalue weighted by molar-refractivity contribution is -0.122. The van der Waals surface area contributed by atoms with Gasteiger partial charge < -0.3 is 10.3 Å². The fourth-order valence-electron chi connectivity index (χ4n) is 2.96. The van der Waals surface area contributed by atoms with E-state index in [1.165, 1.54) is 19.3 Å². The van der Waals surface area contributed by atoms with Crippen molar-refractivity contribution in [1.82, 2.24) is 25.3 Å². The van der Waals surface area contributed by atoms with Gasteiger partial charge in [-0.05, 0) is 31.4 Å². The van der Waals surface area contributed by atoms with Gasteiger partial charge in [0.25, 0.3) is 0 Å². The van der Waals surface area contributed by atoms with Gasteiger partial charge in [0, 0.05) is 12.5 Å². The number of fused-ring (bicyclic) bond motifs is 1. The Hall–Kier alpha value is -1.63. The number of hydrogen-bond acceptors (Lipinski definition) is 5. The third-order valence-electron chi connectivity index (χ3n) is 4.20. The third kappa shape index (κ3) is 4.67. The van der Waals surface area contributed by atoms with Gasteiger partial charge >= 0.3 is 0 Å². The van der Waals surface area contributed by atoms with Crippen LogP contribution in [0.3, 0.4) is 0 Å². The Bertz CT molecular complexity index is 638. The molecule has 0 spiro atoms. The maximum absolute atomic E-state index is 11.9. The number of aromatic amines is 1. The number of unbranched alkanes of at least 4 members (excludes halogenated alkanes) is 1. The van der Waals surface area contributed by atoms with Gasteiger partial charge in [-0.3, -0.25) is 4.79 Å². The van der Waals surface area contributed by atoms with Gasteiger partial charge in [0.1, 0.15) is 16.9 Å². The summed E-state index contributed by atoms with van der Waals surface area (Å²) >= 11 is 1.69. The fourth-order valence-corrected chi connectivity index (χ4v) is 3.91. The third-order valence-corrected chi connectivity index (χ3v) is 5.27. The number of thioether (sulfide) groups is 1. The van der Waals surface area contributed by atoms with E-state index in [1.807, 2.05) is 0 Å². The fraction of sp³-hybridized carbons (Fsp3) is 0.625. The van der Waals surface area contributed by atoms with Crippen molar-refractivity contribution < 1.29 is 4.79 Å². The average molecular weight is 333 g/mol. The summed E-state index contributed by atoms with van der Waals surface area (Å²) in [5, 5.41) is 4.10. The molecule has 0 saturated heterocycles. The van der Waals surface area contributed by atoms with E-state index in [-0.39, 0.29) is 5.91 Å². The van der Waals surface area contributed by atoms with E-state index in [2.05, 4.69) is 25.3 Å². The van der Waals surface area contributed by atoms with E-state index in [9.17, 15) is 4.79 Å². The first kappa shape index (κ1) is 16.2. The van der Waals surface area contributed by atoms with Gasteiger partial charge in [-0.2, -0.15) is 0 Å². The van der Waals surface area contributed by atoms with Crippen LogP contribution in [0, 0.1) is 0 Å². The predicted molar refractivity (Wildman–Crippen MR) is 91.3 cm³/mol. The number of carbonyl (C=O) groups excluding carboxylic acids is 1. The van der Waals surface area contributed by atoms with Crippen molar-refractivity contribution in [1.29, 1.82) is 0 Å². The molecule has 0 aromatic carbocycles. The largest absolute Gasteiger partial charge is 0.353 e. The van der Waals surface area contributed by atoms with Crippen molar-refractivity contribution in [3.63, 3.8) is 0 Å². The zero-order valence-corrected chi connectivity index (χ0v) is 14.1. The van der Waals surface area contributed by atoms with Crippen molar-refractivity contribution in [3.05, 3.63) is 12.7 Å². The molecule has 2 aromatic heterocycles. The van der Waals surface area contributed by atoms with E-state index < -0.39 is 0 Å².